The predicted molar refractivity (Wildman–Crippen MR) is 72.6 cm³/mol. The molecule has 0 aromatic heterocycles. The van der Waals surface area contributed by atoms with Gasteiger partial charge in [0.2, 0.25) is 0 Å². The van der Waals surface area contributed by atoms with Crippen molar-refractivity contribution in [3.63, 3.8) is 0 Å². The van der Waals surface area contributed by atoms with Crippen molar-refractivity contribution >= 4 is 5.97 Å². The third-order valence-corrected chi connectivity index (χ3v) is 5.03. The van der Waals surface area contributed by atoms with Crippen LogP contribution >= 0.6 is 0 Å². The van der Waals surface area contributed by atoms with E-state index in [0.717, 1.165) is 38.1 Å². The molecule has 1 aliphatic carbocycles. The van der Waals surface area contributed by atoms with Gasteiger partial charge in [0.25, 0.3) is 0 Å². The van der Waals surface area contributed by atoms with Gasteiger partial charge in [-0.15, -0.1) is 0 Å². The number of rotatable bonds is 4. The summed E-state index contributed by atoms with van der Waals surface area (Å²) in [5, 5.41) is 9.71. The molecule has 2 aliphatic rings. The van der Waals surface area contributed by atoms with Crippen LogP contribution in [0.3, 0.4) is 0 Å². The first-order valence-electron chi connectivity index (χ1n) is 7.60. The summed E-state index contributed by atoms with van der Waals surface area (Å²) in [6.07, 6.45) is 8.60. The Kier molecular flexibility index (Phi) is 4.31. The van der Waals surface area contributed by atoms with E-state index in [4.69, 9.17) is 0 Å². The summed E-state index contributed by atoms with van der Waals surface area (Å²) in [6, 6.07) is 0.520. The Balaban J connectivity index is 2.12. The van der Waals surface area contributed by atoms with E-state index in [0.29, 0.717) is 6.04 Å². The molecule has 1 saturated carbocycles. The van der Waals surface area contributed by atoms with E-state index in [-0.39, 0.29) is 0 Å². The molecule has 0 aromatic rings. The van der Waals surface area contributed by atoms with E-state index in [1.54, 1.807) is 0 Å². The van der Waals surface area contributed by atoms with Crippen LogP contribution in [-0.4, -0.2) is 34.1 Å². The van der Waals surface area contributed by atoms with E-state index < -0.39 is 11.5 Å². The number of carboxylic acid groups (broad SMARTS) is 1. The van der Waals surface area contributed by atoms with Gasteiger partial charge in [-0.1, -0.05) is 20.3 Å². The Morgan fingerprint density at radius 3 is 2.56 bits per heavy atom. The van der Waals surface area contributed by atoms with Crippen LogP contribution < -0.4 is 0 Å². The van der Waals surface area contributed by atoms with Crippen molar-refractivity contribution in [2.45, 2.75) is 76.8 Å². The normalized spacial score (nSPS) is 37.9. The highest BCUT2D eigenvalue weighted by Crippen LogP contribution is 2.40. The zero-order valence-corrected chi connectivity index (χ0v) is 11.8. The largest absolute Gasteiger partial charge is 0.480 e. The molecule has 0 aromatic carbocycles. The van der Waals surface area contributed by atoms with Crippen molar-refractivity contribution < 1.29 is 9.90 Å². The van der Waals surface area contributed by atoms with Crippen LogP contribution in [0.15, 0.2) is 0 Å². The average molecular weight is 253 g/mol. The number of likely N-dealkylation sites (tertiary alicyclic amines) is 1. The van der Waals surface area contributed by atoms with Gasteiger partial charge in [-0.3, -0.25) is 9.69 Å². The molecule has 1 N–H and O–H groups in total. The van der Waals surface area contributed by atoms with Crippen molar-refractivity contribution in [2.24, 2.45) is 5.92 Å². The molecule has 2 rings (SSSR count). The van der Waals surface area contributed by atoms with Gasteiger partial charge in [0.15, 0.2) is 0 Å². The Morgan fingerprint density at radius 1 is 1.33 bits per heavy atom. The summed E-state index contributed by atoms with van der Waals surface area (Å²) in [7, 11) is 0. The third-order valence-electron chi connectivity index (χ3n) is 5.03. The lowest BCUT2D eigenvalue weighted by Gasteiger charge is -2.42. The second-order valence-corrected chi connectivity index (χ2v) is 6.30. The Morgan fingerprint density at radius 2 is 2.00 bits per heavy atom. The van der Waals surface area contributed by atoms with Gasteiger partial charge >= 0.3 is 5.97 Å². The second-order valence-electron chi connectivity index (χ2n) is 6.30. The smallest absolute Gasteiger partial charge is 0.324 e. The van der Waals surface area contributed by atoms with Crippen LogP contribution in [-0.2, 0) is 4.79 Å². The summed E-state index contributed by atoms with van der Waals surface area (Å²) in [4.78, 5) is 14.1. The molecule has 0 bridgehead atoms. The Bertz CT molecular complexity index is 297. The molecule has 1 aliphatic heterocycles. The van der Waals surface area contributed by atoms with Crippen molar-refractivity contribution in [3.05, 3.63) is 0 Å². The van der Waals surface area contributed by atoms with Crippen molar-refractivity contribution in [3.8, 4) is 0 Å². The van der Waals surface area contributed by atoms with Gasteiger partial charge in [-0.25, -0.2) is 0 Å². The predicted octanol–water partition coefficient (Wildman–Crippen LogP) is 3.28. The summed E-state index contributed by atoms with van der Waals surface area (Å²) in [5.41, 5.74) is -0.542. The SMILES string of the molecule is CCCC1(C(=O)O)CCCN1C1CCC(C)CC1. The molecule has 104 valence electrons. The zero-order chi connectivity index (χ0) is 13.2. The first-order valence-corrected chi connectivity index (χ1v) is 7.60. The van der Waals surface area contributed by atoms with E-state index in [1.165, 1.54) is 25.7 Å². The van der Waals surface area contributed by atoms with E-state index in [1.807, 2.05) is 0 Å². The summed E-state index contributed by atoms with van der Waals surface area (Å²) >= 11 is 0. The number of aliphatic carboxylic acids is 1. The van der Waals surface area contributed by atoms with Gasteiger partial charge in [-0.05, 0) is 57.4 Å². The number of nitrogens with zero attached hydrogens (tertiary/aromatic N) is 1. The average Bonchev–Trinajstić information content (AvgIpc) is 2.76. The van der Waals surface area contributed by atoms with Crippen LogP contribution in [0.4, 0.5) is 0 Å². The van der Waals surface area contributed by atoms with Crippen LogP contribution in [0, 0.1) is 5.92 Å². The van der Waals surface area contributed by atoms with Crippen LogP contribution in [0.2, 0.25) is 0 Å². The zero-order valence-electron chi connectivity index (χ0n) is 11.8. The molecule has 1 unspecified atom stereocenters. The van der Waals surface area contributed by atoms with E-state index in [2.05, 4.69) is 18.7 Å². The molecule has 18 heavy (non-hydrogen) atoms. The maximum atomic E-state index is 11.8. The first-order chi connectivity index (χ1) is 8.60. The molecule has 3 heteroatoms. The van der Waals surface area contributed by atoms with Crippen LogP contribution in [0.25, 0.3) is 0 Å². The second kappa shape index (κ2) is 5.60. The first kappa shape index (κ1) is 13.9. The lowest BCUT2D eigenvalue weighted by molar-refractivity contribution is -0.152. The number of carbonyl (C=O) groups is 1. The van der Waals surface area contributed by atoms with Crippen LogP contribution in [0.5, 0.6) is 0 Å². The highest BCUT2D eigenvalue weighted by atomic mass is 16.4. The molecular weight excluding hydrogens is 226 g/mol. The van der Waals surface area contributed by atoms with Gasteiger partial charge in [0, 0.05) is 6.04 Å². The van der Waals surface area contributed by atoms with Gasteiger partial charge in [-0.2, -0.15) is 0 Å². The number of hydrogen-bond acceptors (Lipinski definition) is 2. The highest BCUT2D eigenvalue weighted by Gasteiger charge is 2.49. The minimum atomic E-state index is -0.583. The molecule has 3 nitrogen and oxygen atoms in total. The highest BCUT2D eigenvalue weighted by molar-refractivity contribution is 5.79. The quantitative estimate of drug-likeness (QED) is 0.836. The lowest BCUT2D eigenvalue weighted by atomic mass is 9.83. The molecule has 2 fully saturated rings. The molecule has 1 heterocycles. The Hall–Kier alpha value is -0.570. The van der Waals surface area contributed by atoms with E-state index in [9.17, 15) is 9.90 Å². The van der Waals surface area contributed by atoms with Crippen molar-refractivity contribution in [2.75, 3.05) is 6.54 Å². The minimum absolute atomic E-state index is 0.520. The summed E-state index contributed by atoms with van der Waals surface area (Å²) in [6.45, 7) is 5.41. The summed E-state index contributed by atoms with van der Waals surface area (Å²) < 4.78 is 0. The molecule has 0 amide bonds. The fourth-order valence-electron chi connectivity index (χ4n) is 4.00. The van der Waals surface area contributed by atoms with Gasteiger partial charge < -0.3 is 5.11 Å². The van der Waals surface area contributed by atoms with Crippen molar-refractivity contribution in [1.29, 1.82) is 0 Å². The number of hydrogen-bond donors (Lipinski definition) is 1. The standard InChI is InChI=1S/C15H27NO2/c1-3-9-15(14(17)18)10-4-11-16(15)13-7-5-12(2)6-8-13/h12-13H,3-11H2,1-2H3,(H,17,18). The fourth-order valence-corrected chi connectivity index (χ4v) is 4.00. The monoisotopic (exact) mass is 253 g/mol. The molecular formula is C15H27NO2. The van der Waals surface area contributed by atoms with Crippen molar-refractivity contribution in [1.82, 2.24) is 4.90 Å². The van der Waals surface area contributed by atoms with E-state index >= 15 is 0 Å². The topological polar surface area (TPSA) is 40.5 Å². The van der Waals surface area contributed by atoms with Gasteiger partial charge in [0.1, 0.15) is 5.54 Å². The third kappa shape index (κ3) is 2.42. The minimum Gasteiger partial charge on any atom is -0.480 e. The molecule has 1 saturated heterocycles. The molecule has 1 atom stereocenters. The number of carboxylic acids is 1. The molecule has 0 spiro atoms. The lowest BCUT2D eigenvalue weighted by Crippen LogP contribution is -2.55. The maximum absolute atomic E-state index is 11.8. The van der Waals surface area contributed by atoms with Crippen LogP contribution in [0.1, 0.15) is 65.2 Å². The molecule has 0 radical (unpaired) electrons. The summed E-state index contributed by atoms with van der Waals surface area (Å²) in [5.74, 6) is 0.245. The maximum Gasteiger partial charge on any atom is 0.324 e. The Labute approximate surface area is 111 Å². The fraction of sp³-hybridized carbons (Fsp3) is 0.933. The van der Waals surface area contributed by atoms with Gasteiger partial charge in [0.05, 0.1) is 0 Å².